The molecule has 2 aliphatic rings. The third-order valence-corrected chi connectivity index (χ3v) is 6.79. The van der Waals surface area contributed by atoms with Crippen molar-refractivity contribution in [3.8, 4) is 5.75 Å². The Labute approximate surface area is 199 Å². The van der Waals surface area contributed by atoms with Crippen molar-refractivity contribution in [2.24, 2.45) is 0 Å². The average Bonchev–Trinajstić information content (AvgIpc) is 3.30. The molecule has 2 unspecified atom stereocenters. The SMILES string of the molecule is CC[NH+](CC)CCN1C(=O)C(=O)/C(=C(/[O-])c2ccc3c(c2)CC(C)O3)C1c1cccc(Cl)c1. The lowest BCUT2D eigenvalue weighted by Crippen LogP contribution is -3.12. The maximum Gasteiger partial charge on any atom is 0.295 e. The van der Waals surface area contributed by atoms with E-state index >= 15 is 0 Å². The number of nitrogens with zero attached hydrogens (tertiary/aromatic N) is 1. The summed E-state index contributed by atoms with van der Waals surface area (Å²) in [6, 6.07) is 11.5. The smallest absolute Gasteiger partial charge is 0.295 e. The molecule has 1 fully saturated rings. The summed E-state index contributed by atoms with van der Waals surface area (Å²) in [5.41, 5.74) is 1.99. The van der Waals surface area contributed by atoms with E-state index in [2.05, 4.69) is 13.8 Å². The summed E-state index contributed by atoms with van der Waals surface area (Å²) in [5, 5.41) is 14.1. The Morgan fingerprint density at radius 3 is 2.64 bits per heavy atom. The molecule has 33 heavy (non-hydrogen) atoms. The highest BCUT2D eigenvalue weighted by Gasteiger charge is 2.44. The molecule has 6 nitrogen and oxygen atoms in total. The Morgan fingerprint density at radius 1 is 1.18 bits per heavy atom. The normalized spacial score (nSPS) is 21.5. The fourth-order valence-electron chi connectivity index (χ4n) is 4.73. The van der Waals surface area contributed by atoms with Gasteiger partial charge in [-0.3, -0.25) is 9.59 Å². The first kappa shape index (κ1) is 23.3. The fraction of sp³-hybridized carbons (Fsp3) is 0.385. The summed E-state index contributed by atoms with van der Waals surface area (Å²) in [6.07, 6.45) is 0.750. The van der Waals surface area contributed by atoms with Gasteiger partial charge in [0.25, 0.3) is 5.91 Å². The average molecular weight is 469 g/mol. The van der Waals surface area contributed by atoms with E-state index in [9.17, 15) is 14.7 Å². The van der Waals surface area contributed by atoms with Gasteiger partial charge in [-0.05, 0) is 61.7 Å². The Morgan fingerprint density at radius 2 is 1.94 bits per heavy atom. The lowest BCUT2D eigenvalue weighted by atomic mass is 9.94. The first-order chi connectivity index (χ1) is 15.8. The van der Waals surface area contributed by atoms with Gasteiger partial charge in [-0.25, -0.2) is 0 Å². The number of carbonyl (C=O) groups excluding carboxylic acids is 2. The van der Waals surface area contributed by atoms with Gasteiger partial charge < -0.3 is 19.6 Å². The van der Waals surface area contributed by atoms with E-state index in [0.717, 1.165) is 24.4 Å². The second-order valence-corrected chi connectivity index (χ2v) is 9.13. The Balaban J connectivity index is 1.79. The van der Waals surface area contributed by atoms with Crippen LogP contribution in [-0.4, -0.2) is 48.9 Å². The van der Waals surface area contributed by atoms with Crippen LogP contribution >= 0.6 is 11.6 Å². The number of ketones is 1. The van der Waals surface area contributed by atoms with Gasteiger partial charge in [0, 0.05) is 17.0 Å². The zero-order valence-electron chi connectivity index (χ0n) is 19.2. The Bertz CT molecular complexity index is 1110. The molecule has 0 radical (unpaired) electrons. The standard InChI is InChI=1S/C26H29ClN2O4/c1-4-28(5-2)11-12-29-23(17-7-6-8-20(27)15-17)22(25(31)26(29)32)24(30)18-9-10-21-19(14-18)13-16(3)33-21/h6-10,14-16,23,30H,4-5,11-13H2,1-3H3/b24-22+. The van der Waals surface area contributed by atoms with Crippen molar-refractivity contribution in [2.45, 2.75) is 39.3 Å². The third kappa shape index (κ3) is 4.50. The van der Waals surface area contributed by atoms with Crippen molar-refractivity contribution < 1.29 is 24.3 Å². The predicted molar refractivity (Wildman–Crippen MR) is 125 cm³/mol. The van der Waals surface area contributed by atoms with E-state index in [1.165, 1.54) is 9.80 Å². The number of likely N-dealkylation sites (tertiary alicyclic amines) is 1. The number of fused-ring (bicyclic) bond motifs is 1. The monoisotopic (exact) mass is 468 g/mol. The maximum absolute atomic E-state index is 13.6. The molecule has 1 amide bonds. The minimum atomic E-state index is -0.755. The highest BCUT2D eigenvalue weighted by Crippen LogP contribution is 2.40. The lowest BCUT2D eigenvalue weighted by molar-refractivity contribution is -0.895. The number of benzene rings is 2. The summed E-state index contributed by atoms with van der Waals surface area (Å²) in [5.74, 6) is -1.02. The largest absolute Gasteiger partial charge is 0.872 e. The van der Waals surface area contributed by atoms with Crippen molar-refractivity contribution in [3.05, 3.63) is 69.8 Å². The first-order valence-corrected chi connectivity index (χ1v) is 11.9. The van der Waals surface area contributed by atoms with E-state index in [1.54, 1.807) is 36.4 Å². The van der Waals surface area contributed by atoms with E-state index in [0.29, 0.717) is 35.7 Å². The molecule has 0 spiro atoms. The van der Waals surface area contributed by atoms with E-state index in [-0.39, 0.29) is 11.7 Å². The predicted octanol–water partition coefficient (Wildman–Crippen LogP) is 1.81. The maximum atomic E-state index is 13.6. The quantitative estimate of drug-likeness (QED) is 0.382. The molecule has 1 saturated heterocycles. The minimum absolute atomic E-state index is 0.0104. The van der Waals surface area contributed by atoms with Gasteiger partial charge >= 0.3 is 0 Å². The second kappa shape index (κ2) is 9.57. The summed E-state index contributed by atoms with van der Waals surface area (Å²) < 4.78 is 5.74. The van der Waals surface area contributed by atoms with Crippen LogP contribution in [0, 0.1) is 0 Å². The molecule has 4 rings (SSSR count). The topological polar surface area (TPSA) is 74.1 Å². The van der Waals surface area contributed by atoms with E-state index < -0.39 is 23.5 Å². The molecule has 2 atom stereocenters. The molecule has 2 aliphatic heterocycles. The van der Waals surface area contributed by atoms with Crippen LogP contribution in [0.25, 0.3) is 5.76 Å². The molecule has 2 aromatic carbocycles. The number of carbonyl (C=O) groups is 2. The molecule has 0 aromatic heterocycles. The molecule has 0 aliphatic carbocycles. The fourth-order valence-corrected chi connectivity index (χ4v) is 4.92. The summed E-state index contributed by atoms with van der Waals surface area (Å²) in [6.45, 7) is 9.05. The number of likely N-dealkylation sites (N-methyl/N-ethyl adjacent to an activating group) is 1. The first-order valence-electron chi connectivity index (χ1n) is 11.5. The molecule has 174 valence electrons. The summed E-state index contributed by atoms with van der Waals surface area (Å²) in [4.78, 5) is 29.1. The van der Waals surface area contributed by atoms with Gasteiger partial charge in [0.2, 0.25) is 5.78 Å². The van der Waals surface area contributed by atoms with E-state index in [4.69, 9.17) is 16.3 Å². The van der Waals surface area contributed by atoms with Crippen molar-refractivity contribution in [2.75, 3.05) is 26.2 Å². The Hall–Kier alpha value is -2.83. The number of hydrogen-bond donors (Lipinski definition) is 1. The highest BCUT2D eigenvalue weighted by atomic mass is 35.5. The van der Waals surface area contributed by atoms with Crippen LogP contribution in [0.2, 0.25) is 5.02 Å². The number of rotatable bonds is 7. The molecule has 0 saturated carbocycles. The Kier molecular flexibility index (Phi) is 6.77. The van der Waals surface area contributed by atoms with Crippen LogP contribution in [0.5, 0.6) is 5.75 Å². The van der Waals surface area contributed by atoms with Crippen molar-refractivity contribution in [3.63, 3.8) is 0 Å². The van der Waals surface area contributed by atoms with Crippen LogP contribution in [0.3, 0.4) is 0 Å². The lowest BCUT2D eigenvalue weighted by Gasteiger charge is -2.28. The molecule has 7 heteroatoms. The van der Waals surface area contributed by atoms with E-state index in [1.807, 2.05) is 13.0 Å². The zero-order valence-corrected chi connectivity index (χ0v) is 19.9. The number of amides is 1. The van der Waals surface area contributed by atoms with Crippen molar-refractivity contribution in [1.29, 1.82) is 0 Å². The van der Waals surface area contributed by atoms with Crippen molar-refractivity contribution in [1.82, 2.24) is 4.90 Å². The zero-order chi connectivity index (χ0) is 23.7. The molecule has 2 heterocycles. The third-order valence-electron chi connectivity index (χ3n) is 6.56. The number of quaternary nitrogens is 1. The molecule has 2 aromatic rings. The number of Topliss-reactive ketones (excluding diaryl/α,β-unsaturated/α-hetero) is 1. The number of nitrogens with one attached hydrogen (secondary N) is 1. The van der Waals surface area contributed by atoms with Gasteiger partial charge in [-0.2, -0.15) is 0 Å². The molecular formula is C26H29ClN2O4. The van der Waals surface area contributed by atoms with Crippen molar-refractivity contribution >= 4 is 29.1 Å². The number of ether oxygens (including phenoxy) is 1. The molecular weight excluding hydrogens is 440 g/mol. The van der Waals surface area contributed by atoms with Crippen LogP contribution in [-0.2, 0) is 16.0 Å². The molecule has 1 N–H and O–H groups in total. The van der Waals surface area contributed by atoms with Gasteiger partial charge in [0.15, 0.2) is 0 Å². The summed E-state index contributed by atoms with van der Waals surface area (Å²) >= 11 is 6.24. The number of halogens is 1. The van der Waals surface area contributed by atoms with Gasteiger partial charge in [-0.1, -0.05) is 35.6 Å². The van der Waals surface area contributed by atoms with Crippen LogP contribution in [0.1, 0.15) is 43.5 Å². The summed E-state index contributed by atoms with van der Waals surface area (Å²) in [7, 11) is 0. The van der Waals surface area contributed by atoms with Crippen LogP contribution in [0.4, 0.5) is 0 Å². The van der Waals surface area contributed by atoms with Crippen LogP contribution < -0.4 is 14.7 Å². The van der Waals surface area contributed by atoms with Gasteiger partial charge in [-0.15, -0.1) is 0 Å². The van der Waals surface area contributed by atoms with Crippen LogP contribution in [0.15, 0.2) is 48.0 Å². The number of hydrogen-bond acceptors (Lipinski definition) is 4. The van der Waals surface area contributed by atoms with Gasteiger partial charge in [0.05, 0.1) is 32.2 Å². The minimum Gasteiger partial charge on any atom is -0.872 e. The second-order valence-electron chi connectivity index (χ2n) is 8.69. The highest BCUT2D eigenvalue weighted by molar-refractivity contribution is 6.46. The molecule has 0 bridgehead atoms. The van der Waals surface area contributed by atoms with Gasteiger partial charge in [0.1, 0.15) is 11.9 Å².